The smallest absolute Gasteiger partial charge is 0.182 e. The number of nitrogens with zero attached hydrogens (tertiary/aromatic N) is 3. The van der Waals surface area contributed by atoms with E-state index in [-0.39, 0.29) is 0 Å². The van der Waals surface area contributed by atoms with Crippen molar-refractivity contribution in [2.75, 3.05) is 0 Å². The van der Waals surface area contributed by atoms with Gasteiger partial charge in [0, 0.05) is 5.56 Å². The van der Waals surface area contributed by atoms with E-state index in [9.17, 15) is 0 Å². The van der Waals surface area contributed by atoms with Gasteiger partial charge in [0.15, 0.2) is 5.82 Å². The Morgan fingerprint density at radius 1 is 0.850 bits per heavy atom. The van der Waals surface area contributed by atoms with Gasteiger partial charge in [0.05, 0.1) is 0 Å². The second-order valence-corrected chi connectivity index (χ2v) is 6.32. The van der Waals surface area contributed by atoms with Crippen LogP contribution in [0.1, 0.15) is 44.6 Å². The molecule has 0 saturated carbocycles. The molecule has 1 aliphatic rings. The minimum Gasteiger partial charge on any atom is -0.357 e. The number of benzene rings is 1. The molecule has 0 fully saturated rings. The first-order valence-electron chi connectivity index (χ1n) is 6.82. The van der Waals surface area contributed by atoms with Gasteiger partial charge in [-0.25, -0.2) is 4.98 Å². The van der Waals surface area contributed by atoms with Gasteiger partial charge in [-0.15, -0.1) is 10.2 Å². The third-order valence-electron chi connectivity index (χ3n) is 3.65. The highest BCUT2D eigenvalue weighted by molar-refractivity contribution is 5.55. The molecule has 0 atom stereocenters. The predicted molar refractivity (Wildman–Crippen MR) is 77.1 cm³/mol. The van der Waals surface area contributed by atoms with Crippen LogP contribution in [0.5, 0.6) is 0 Å². The summed E-state index contributed by atoms with van der Waals surface area (Å²) in [6, 6.07) is 8.15. The molecule has 0 bridgehead atoms. The maximum absolute atomic E-state index is 6.05. The molecule has 4 nitrogen and oxygen atoms in total. The highest BCUT2D eigenvalue weighted by atomic mass is 16.5. The number of fused-ring (bicyclic) bond motifs is 1. The SMILES string of the molecule is Cc1ccc(-c2nnc3c(n2)C(C)(C)OC3(C)C)cc1. The number of ether oxygens (including phenoxy) is 1. The number of rotatable bonds is 1. The molecule has 0 amide bonds. The topological polar surface area (TPSA) is 47.9 Å². The summed E-state index contributed by atoms with van der Waals surface area (Å²) in [5.74, 6) is 0.651. The summed E-state index contributed by atoms with van der Waals surface area (Å²) >= 11 is 0. The normalized spacial score (nSPS) is 18.9. The molecule has 2 aromatic rings. The molecule has 1 aliphatic heterocycles. The van der Waals surface area contributed by atoms with Crippen LogP contribution in [0.3, 0.4) is 0 Å². The maximum atomic E-state index is 6.05. The number of aryl methyl sites for hydroxylation is 1. The van der Waals surface area contributed by atoms with Gasteiger partial charge in [0.25, 0.3) is 0 Å². The minimum absolute atomic E-state index is 0.436. The lowest BCUT2D eigenvalue weighted by Crippen LogP contribution is -2.23. The molecule has 20 heavy (non-hydrogen) atoms. The van der Waals surface area contributed by atoms with E-state index in [1.165, 1.54) is 5.56 Å². The number of hydrogen-bond acceptors (Lipinski definition) is 4. The molecule has 2 heterocycles. The summed E-state index contributed by atoms with van der Waals surface area (Å²) in [6.07, 6.45) is 0. The summed E-state index contributed by atoms with van der Waals surface area (Å²) in [7, 11) is 0. The minimum atomic E-state index is -0.440. The molecular weight excluding hydrogens is 250 g/mol. The molecular formula is C16H19N3O. The molecule has 3 rings (SSSR count). The number of aromatic nitrogens is 3. The second kappa shape index (κ2) is 4.09. The highest BCUT2D eigenvalue weighted by Gasteiger charge is 2.46. The molecule has 104 valence electrons. The van der Waals surface area contributed by atoms with Crippen molar-refractivity contribution in [3.8, 4) is 11.4 Å². The standard InChI is InChI=1S/C16H19N3O/c1-10-6-8-11(9-7-10)14-17-12-13(18-19-14)16(4,5)20-15(12,2)3/h6-9H,1-5H3. The van der Waals surface area contributed by atoms with Crippen LogP contribution >= 0.6 is 0 Å². The summed E-state index contributed by atoms with van der Waals surface area (Å²) in [5.41, 5.74) is 3.03. The Hall–Kier alpha value is -1.81. The molecule has 0 radical (unpaired) electrons. The Labute approximate surface area is 119 Å². The van der Waals surface area contributed by atoms with Crippen LogP contribution in [0.15, 0.2) is 24.3 Å². The van der Waals surface area contributed by atoms with E-state index >= 15 is 0 Å². The lowest BCUT2D eigenvalue weighted by atomic mass is 10.0. The van der Waals surface area contributed by atoms with Crippen molar-refractivity contribution in [1.29, 1.82) is 0 Å². The zero-order valence-corrected chi connectivity index (χ0v) is 12.6. The van der Waals surface area contributed by atoms with Gasteiger partial charge in [-0.1, -0.05) is 29.8 Å². The van der Waals surface area contributed by atoms with Crippen LogP contribution in [0.2, 0.25) is 0 Å². The fraction of sp³-hybridized carbons (Fsp3) is 0.438. The van der Waals surface area contributed by atoms with Gasteiger partial charge in [-0.05, 0) is 34.6 Å². The Balaban J connectivity index is 2.12. The molecule has 4 heteroatoms. The second-order valence-electron chi connectivity index (χ2n) is 6.32. The van der Waals surface area contributed by atoms with Crippen molar-refractivity contribution >= 4 is 0 Å². The van der Waals surface area contributed by atoms with Crippen molar-refractivity contribution in [3.63, 3.8) is 0 Å². The van der Waals surface area contributed by atoms with Crippen LogP contribution in [-0.4, -0.2) is 15.2 Å². The van der Waals surface area contributed by atoms with Crippen molar-refractivity contribution in [1.82, 2.24) is 15.2 Å². The lowest BCUT2D eigenvalue weighted by Gasteiger charge is -2.23. The van der Waals surface area contributed by atoms with E-state index < -0.39 is 11.2 Å². The fourth-order valence-electron chi connectivity index (χ4n) is 2.71. The molecule has 0 saturated heterocycles. The zero-order chi connectivity index (χ0) is 14.5. The van der Waals surface area contributed by atoms with E-state index in [0.29, 0.717) is 5.82 Å². The number of hydrogen-bond donors (Lipinski definition) is 0. The van der Waals surface area contributed by atoms with E-state index in [1.807, 2.05) is 39.8 Å². The van der Waals surface area contributed by atoms with Gasteiger partial charge in [-0.3, -0.25) is 0 Å². The first kappa shape index (κ1) is 13.2. The first-order chi connectivity index (χ1) is 9.29. The van der Waals surface area contributed by atoms with Gasteiger partial charge >= 0.3 is 0 Å². The monoisotopic (exact) mass is 269 g/mol. The van der Waals surface area contributed by atoms with Crippen LogP contribution in [-0.2, 0) is 15.9 Å². The van der Waals surface area contributed by atoms with Crippen LogP contribution in [0.25, 0.3) is 11.4 Å². The molecule has 0 aliphatic carbocycles. The van der Waals surface area contributed by atoms with Gasteiger partial charge in [0.2, 0.25) is 0 Å². The summed E-state index contributed by atoms with van der Waals surface area (Å²) in [5, 5.41) is 8.64. The van der Waals surface area contributed by atoms with Crippen molar-refractivity contribution in [2.45, 2.75) is 45.8 Å². The van der Waals surface area contributed by atoms with Gasteiger partial charge in [-0.2, -0.15) is 0 Å². The van der Waals surface area contributed by atoms with Crippen molar-refractivity contribution < 1.29 is 4.74 Å². The maximum Gasteiger partial charge on any atom is 0.182 e. The van der Waals surface area contributed by atoms with Gasteiger partial charge < -0.3 is 4.74 Å². The third kappa shape index (κ3) is 2.00. The average Bonchev–Trinajstić information content (AvgIpc) is 2.56. The van der Waals surface area contributed by atoms with Crippen LogP contribution in [0, 0.1) is 6.92 Å². The van der Waals surface area contributed by atoms with E-state index in [0.717, 1.165) is 17.0 Å². The molecule has 0 N–H and O–H groups in total. The largest absolute Gasteiger partial charge is 0.357 e. The summed E-state index contributed by atoms with van der Waals surface area (Å²) in [6.45, 7) is 10.1. The van der Waals surface area contributed by atoms with Gasteiger partial charge in [0.1, 0.15) is 22.6 Å². The van der Waals surface area contributed by atoms with E-state index in [1.54, 1.807) is 0 Å². The Morgan fingerprint density at radius 2 is 1.45 bits per heavy atom. The average molecular weight is 269 g/mol. The Morgan fingerprint density at radius 3 is 2.10 bits per heavy atom. The van der Waals surface area contributed by atoms with Crippen LogP contribution in [0.4, 0.5) is 0 Å². The lowest BCUT2D eigenvalue weighted by molar-refractivity contribution is -0.107. The molecule has 0 spiro atoms. The Bertz CT molecular complexity index is 660. The quantitative estimate of drug-likeness (QED) is 0.796. The summed E-state index contributed by atoms with van der Waals surface area (Å²) < 4.78 is 6.05. The molecule has 0 unspecified atom stereocenters. The zero-order valence-electron chi connectivity index (χ0n) is 12.6. The van der Waals surface area contributed by atoms with Crippen molar-refractivity contribution in [3.05, 3.63) is 41.2 Å². The predicted octanol–water partition coefficient (Wildman–Crippen LogP) is 3.35. The first-order valence-corrected chi connectivity index (χ1v) is 6.82. The summed E-state index contributed by atoms with van der Waals surface area (Å²) in [4.78, 5) is 4.70. The highest BCUT2D eigenvalue weighted by Crippen LogP contribution is 2.44. The van der Waals surface area contributed by atoms with Crippen LogP contribution < -0.4 is 0 Å². The molecule has 1 aromatic heterocycles. The Kier molecular flexibility index (Phi) is 2.70. The third-order valence-corrected chi connectivity index (χ3v) is 3.65. The van der Waals surface area contributed by atoms with E-state index in [4.69, 9.17) is 9.72 Å². The fourth-order valence-corrected chi connectivity index (χ4v) is 2.71. The van der Waals surface area contributed by atoms with E-state index in [2.05, 4.69) is 29.3 Å². The van der Waals surface area contributed by atoms with Crippen molar-refractivity contribution in [2.24, 2.45) is 0 Å². The molecule has 1 aromatic carbocycles.